The largest absolute Gasteiger partial charge is 0.0790 e. The fourth-order valence-electron chi connectivity index (χ4n) is 5.54. The second-order valence-electron chi connectivity index (χ2n) is 9.01. The number of rotatable bonds is 2. The minimum atomic E-state index is 0.0483. The van der Waals surface area contributed by atoms with E-state index in [1.54, 1.807) is 16.7 Å². The molecule has 1 heteroatoms. The summed E-state index contributed by atoms with van der Waals surface area (Å²) in [6.45, 7) is 7.16. The minimum absolute atomic E-state index is 0.0483. The summed E-state index contributed by atoms with van der Waals surface area (Å²) in [7, 11) is 0. The first kappa shape index (κ1) is 17.5. The van der Waals surface area contributed by atoms with E-state index in [9.17, 15) is 0 Å². The lowest BCUT2D eigenvalue weighted by Crippen LogP contribution is -2.23. The van der Waals surface area contributed by atoms with Crippen LogP contribution in [0, 0.1) is 5.41 Å². The molecule has 1 unspecified atom stereocenters. The molecule has 5 rings (SSSR count). The van der Waals surface area contributed by atoms with Crippen LogP contribution in [0.5, 0.6) is 0 Å². The third kappa shape index (κ3) is 2.62. The Morgan fingerprint density at radius 3 is 2.59 bits per heavy atom. The Bertz CT molecular complexity index is 991. The van der Waals surface area contributed by atoms with Gasteiger partial charge in [-0.1, -0.05) is 77.8 Å². The monoisotopic (exact) mass is 418 g/mol. The molecule has 0 heterocycles. The van der Waals surface area contributed by atoms with Crippen molar-refractivity contribution < 1.29 is 0 Å². The average Bonchev–Trinajstić information content (AvgIpc) is 3.23. The summed E-state index contributed by atoms with van der Waals surface area (Å²) in [6, 6.07) is 8.85. The number of allylic oxidation sites excluding steroid dienone is 9. The molecule has 0 nitrogen and oxygen atoms in total. The van der Waals surface area contributed by atoms with E-state index >= 15 is 0 Å². The molecular weight excluding hydrogens is 392 g/mol. The third-order valence-electron chi connectivity index (χ3n) is 6.99. The molecular formula is C26H27Br. The number of fused-ring (bicyclic) bond motifs is 2. The van der Waals surface area contributed by atoms with E-state index in [2.05, 4.69) is 79.2 Å². The van der Waals surface area contributed by atoms with E-state index in [1.165, 1.54) is 59.1 Å². The standard InChI is InChI=1S/C26H27Br/c1-16-12-23-22(15-19-10-6-7-11-21(19)25(23)27)24(16)26(2,3)20-13-17-8-4-5-9-18(17)14-20/h4-5,8-9,12-13,15,25H,6-7,10-11,14H2,1-3H3. The van der Waals surface area contributed by atoms with Gasteiger partial charge in [-0.3, -0.25) is 0 Å². The number of hydrogen-bond acceptors (Lipinski definition) is 0. The predicted octanol–water partition coefficient (Wildman–Crippen LogP) is 7.48. The quantitative estimate of drug-likeness (QED) is 0.436. The molecule has 1 aromatic carbocycles. The lowest BCUT2D eigenvalue weighted by atomic mass is 9.70. The molecule has 0 fully saturated rings. The van der Waals surface area contributed by atoms with Gasteiger partial charge in [-0.05, 0) is 83.6 Å². The van der Waals surface area contributed by atoms with Crippen LogP contribution in [0.4, 0.5) is 0 Å². The van der Waals surface area contributed by atoms with Crippen molar-refractivity contribution in [3.63, 3.8) is 0 Å². The van der Waals surface area contributed by atoms with Crippen LogP contribution in [-0.4, -0.2) is 4.83 Å². The molecule has 0 bridgehead atoms. The molecule has 0 aromatic heterocycles. The van der Waals surface area contributed by atoms with Crippen molar-refractivity contribution in [3.8, 4) is 0 Å². The van der Waals surface area contributed by atoms with Gasteiger partial charge in [-0.25, -0.2) is 0 Å². The van der Waals surface area contributed by atoms with Gasteiger partial charge in [0.15, 0.2) is 0 Å². The average molecular weight is 419 g/mol. The van der Waals surface area contributed by atoms with Crippen LogP contribution in [-0.2, 0) is 6.42 Å². The maximum Gasteiger partial charge on any atom is 0.0616 e. The highest BCUT2D eigenvalue weighted by Crippen LogP contribution is 2.54. The van der Waals surface area contributed by atoms with Crippen LogP contribution in [0.15, 0.2) is 75.4 Å². The normalized spacial score (nSPS) is 24.3. The van der Waals surface area contributed by atoms with Crippen LogP contribution >= 0.6 is 15.9 Å². The van der Waals surface area contributed by atoms with Crippen LogP contribution in [0.3, 0.4) is 0 Å². The summed E-state index contributed by atoms with van der Waals surface area (Å²) in [6.07, 6.45) is 13.7. The van der Waals surface area contributed by atoms with E-state index < -0.39 is 0 Å². The highest BCUT2D eigenvalue weighted by atomic mass is 79.9. The fraction of sp³-hybridized carbons (Fsp3) is 0.385. The smallest absolute Gasteiger partial charge is 0.0616 e. The van der Waals surface area contributed by atoms with Gasteiger partial charge in [-0.2, -0.15) is 0 Å². The summed E-state index contributed by atoms with van der Waals surface area (Å²) in [4.78, 5) is 0.408. The molecule has 0 spiro atoms. The van der Waals surface area contributed by atoms with E-state index in [-0.39, 0.29) is 5.41 Å². The summed E-state index contributed by atoms with van der Waals surface area (Å²) in [5, 5.41) is 0. The zero-order valence-electron chi connectivity index (χ0n) is 16.5. The molecule has 4 aliphatic rings. The topological polar surface area (TPSA) is 0 Å². The summed E-state index contributed by atoms with van der Waals surface area (Å²) in [5.41, 5.74) is 13.7. The van der Waals surface area contributed by atoms with Crippen LogP contribution in [0.2, 0.25) is 0 Å². The first-order valence-corrected chi connectivity index (χ1v) is 11.2. The van der Waals surface area contributed by atoms with Gasteiger partial charge in [0.1, 0.15) is 0 Å². The molecule has 1 aromatic rings. The Kier molecular flexibility index (Phi) is 4.02. The summed E-state index contributed by atoms with van der Waals surface area (Å²) in [5.74, 6) is 0. The van der Waals surface area contributed by atoms with E-state index in [4.69, 9.17) is 0 Å². The Balaban J connectivity index is 1.57. The fourth-order valence-corrected chi connectivity index (χ4v) is 6.45. The zero-order valence-corrected chi connectivity index (χ0v) is 18.1. The van der Waals surface area contributed by atoms with E-state index in [0.29, 0.717) is 4.83 Å². The second-order valence-corrected chi connectivity index (χ2v) is 9.92. The predicted molar refractivity (Wildman–Crippen MR) is 119 cm³/mol. The lowest BCUT2D eigenvalue weighted by Gasteiger charge is -2.35. The first-order chi connectivity index (χ1) is 13.0. The SMILES string of the molecule is CC1=C(C(C)(C)C2=Cc3ccccc3C2)C2=CC3=C(CCCC3)C(Br)C2=C1. The van der Waals surface area contributed by atoms with Gasteiger partial charge in [0.25, 0.3) is 0 Å². The number of halogens is 1. The highest BCUT2D eigenvalue weighted by molar-refractivity contribution is 9.09. The van der Waals surface area contributed by atoms with Crippen LogP contribution in [0.1, 0.15) is 57.6 Å². The molecule has 1 atom stereocenters. The molecule has 0 N–H and O–H groups in total. The van der Waals surface area contributed by atoms with Gasteiger partial charge in [0.05, 0.1) is 4.83 Å². The van der Waals surface area contributed by atoms with Gasteiger partial charge in [0.2, 0.25) is 0 Å². The zero-order chi connectivity index (χ0) is 18.8. The van der Waals surface area contributed by atoms with Crippen molar-refractivity contribution in [2.24, 2.45) is 5.41 Å². The minimum Gasteiger partial charge on any atom is -0.0790 e. The molecule has 0 saturated heterocycles. The Morgan fingerprint density at radius 2 is 1.78 bits per heavy atom. The van der Waals surface area contributed by atoms with Gasteiger partial charge >= 0.3 is 0 Å². The maximum absolute atomic E-state index is 4.06. The van der Waals surface area contributed by atoms with Gasteiger partial charge in [0, 0.05) is 5.41 Å². The van der Waals surface area contributed by atoms with Crippen molar-refractivity contribution in [1.82, 2.24) is 0 Å². The van der Waals surface area contributed by atoms with Crippen LogP contribution < -0.4 is 0 Å². The summed E-state index contributed by atoms with van der Waals surface area (Å²) < 4.78 is 0. The van der Waals surface area contributed by atoms with Crippen molar-refractivity contribution >= 4 is 22.0 Å². The molecule has 0 amide bonds. The Hall–Kier alpha value is -1.60. The summed E-state index contributed by atoms with van der Waals surface area (Å²) >= 11 is 4.06. The molecule has 0 radical (unpaired) electrons. The molecule has 138 valence electrons. The first-order valence-electron chi connectivity index (χ1n) is 10.3. The third-order valence-corrected chi connectivity index (χ3v) is 8.04. The molecule has 27 heavy (non-hydrogen) atoms. The Morgan fingerprint density at radius 1 is 1.00 bits per heavy atom. The van der Waals surface area contributed by atoms with E-state index in [1.807, 2.05) is 0 Å². The molecule has 4 aliphatic carbocycles. The maximum atomic E-state index is 4.06. The second kappa shape index (κ2) is 6.21. The van der Waals surface area contributed by atoms with Gasteiger partial charge < -0.3 is 0 Å². The lowest BCUT2D eigenvalue weighted by molar-refractivity contribution is 0.537. The van der Waals surface area contributed by atoms with Crippen molar-refractivity contribution in [3.05, 3.63) is 86.6 Å². The number of alkyl halides is 1. The van der Waals surface area contributed by atoms with E-state index in [0.717, 1.165) is 6.42 Å². The Labute approximate surface area is 171 Å². The van der Waals surface area contributed by atoms with Crippen molar-refractivity contribution in [2.45, 2.75) is 57.7 Å². The van der Waals surface area contributed by atoms with Gasteiger partial charge in [-0.15, -0.1) is 0 Å². The molecule has 0 aliphatic heterocycles. The molecule has 0 saturated carbocycles. The van der Waals surface area contributed by atoms with Crippen molar-refractivity contribution in [1.29, 1.82) is 0 Å². The number of benzene rings is 1. The van der Waals surface area contributed by atoms with Crippen LogP contribution in [0.25, 0.3) is 6.08 Å². The van der Waals surface area contributed by atoms with Crippen molar-refractivity contribution in [2.75, 3.05) is 0 Å². The number of hydrogen-bond donors (Lipinski definition) is 0. The highest BCUT2D eigenvalue weighted by Gasteiger charge is 2.40.